The van der Waals surface area contributed by atoms with E-state index in [-0.39, 0.29) is 0 Å². The van der Waals surface area contributed by atoms with Crippen LogP contribution in [-0.2, 0) is 53.9 Å². The number of halogens is 2. The van der Waals surface area contributed by atoms with Gasteiger partial charge in [-0.15, -0.1) is 0 Å². The van der Waals surface area contributed by atoms with Crippen LogP contribution in [0, 0.1) is 78.9 Å². The number of nitrogens with zero attached hydrogens (tertiary/aromatic N) is 12. The third-order valence-electron chi connectivity index (χ3n) is 26.4. The standard InChI is InChI=1S/C36H40N3.C29H34N3.C25H26N3.C21H16F2N3/c1-20(2)26-18-27(21(3)4)34(28(19-26)22(5)6)25-14-15-30-29(17-25)35-33(23(7)16-24(8)37-35)36-38(9)31-12-10-11-13-32(31)39(30)36;1-17(2)12-21-15-25-26(16-22(21)13-18(3)4)32-24-11-9-8-10-23(24)28-27(29(32)31(25)7)19(5)14-20(6)30-28;1-6-17-13-21-22(14-18(17)7-2)28-20-11-9-8-10-19(20)24-23(25(28)27(21)5)15(3)12-16(4)26-24;1-11-8-12(2)24-20-13-6-4-5-7-16(13)26-18-10-15(23)14(22)9-17(18)25(3)21(26)19(11)20/h10-22H,1-9H3;8-11,14-18H,12-13H2,1-7H3;8-14H,6-7H2,1-5H3;4-10H,1-3H3/q4*+1. The van der Waals surface area contributed by atoms with Crippen LogP contribution >= 0.6 is 0 Å². The first-order chi connectivity index (χ1) is 59.8. The minimum atomic E-state index is -0.847. The van der Waals surface area contributed by atoms with Crippen molar-refractivity contribution in [2.75, 3.05) is 0 Å². The topological polar surface area (TPSA) is 84.7 Å². The average molecular weight is 1660 g/mol. The molecule has 14 heteroatoms. The highest BCUT2D eigenvalue weighted by Gasteiger charge is 2.33. The summed E-state index contributed by atoms with van der Waals surface area (Å²) < 4.78 is 46.3. The van der Waals surface area contributed by atoms with Gasteiger partial charge in [-0.1, -0.05) is 150 Å². The molecule has 0 saturated carbocycles. The van der Waals surface area contributed by atoms with Crippen molar-refractivity contribution in [3.05, 3.63) is 284 Å². The lowest BCUT2D eigenvalue weighted by molar-refractivity contribution is -0.617. The van der Waals surface area contributed by atoms with Crippen molar-refractivity contribution in [1.82, 2.24) is 37.5 Å². The van der Waals surface area contributed by atoms with Crippen molar-refractivity contribution in [3.8, 4) is 11.1 Å². The zero-order valence-electron chi connectivity index (χ0n) is 77.2. The number of aromatic nitrogens is 12. The van der Waals surface area contributed by atoms with Gasteiger partial charge < -0.3 is 0 Å². The van der Waals surface area contributed by atoms with Gasteiger partial charge in [0.25, 0.3) is 22.6 Å². The minimum absolute atomic E-state index is 0.432. The number of imidazole rings is 4. The van der Waals surface area contributed by atoms with Gasteiger partial charge in [-0.2, -0.15) is 17.6 Å². The molecule has 12 aromatic heterocycles. The van der Waals surface area contributed by atoms with E-state index in [9.17, 15) is 8.78 Å². The van der Waals surface area contributed by atoms with Crippen molar-refractivity contribution >= 4 is 154 Å². The van der Waals surface area contributed by atoms with E-state index in [1.165, 1.54) is 178 Å². The number of benzene rings is 9. The number of para-hydroxylation sites is 5. The number of fused-ring (bicyclic) bond motifs is 32. The smallest absolute Gasteiger partial charge is 0.252 e. The number of hydrogen-bond donors (Lipinski definition) is 0. The van der Waals surface area contributed by atoms with Crippen LogP contribution in [0.25, 0.3) is 165 Å². The molecule has 0 radical (unpaired) electrons. The third kappa shape index (κ3) is 13.6. The molecule has 12 heterocycles. The summed E-state index contributed by atoms with van der Waals surface area (Å²) in [5, 5.41) is 9.36. The maximum atomic E-state index is 14.0. The Balaban J connectivity index is 0.000000114. The highest BCUT2D eigenvalue weighted by atomic mass is 19.2. The maximum absolute atomic E-state index is 14.0. The zero-order chi connectivity index (χ0) is 88.2. The predicted molar refractivity (Wildman–Crippen MR) is 517 cm³/mol. The van der Waals surface area contributed by atoms with Crippen LogP contribution in [-0.4, -0.2) is 37.5 Å². The van der Waals surface area contributed by atoms with E-state index in [0.717, 1.165) is 98.0 Å². The number of aryl methyl sites for hydroxylation is 14. The molecule has 0 bridgehead atoms. The number of hydrogen-bond acceptors (Lipinski definition) is 4. The van der Waals surface area contributed by atoms with Gasteiger partial charge in [0, 0.05) is 56.5 Å². The van der Waals surface area contributed by atoms with Crippen LogP contribution in [0.1, 0.15) is 185 Å². The van der Waals surface area contributed by atoms with Gasteiger partial charge in [-0.25, -0.2) is 27.0 Å². The van der Waals surface area contributed by atoms with Gasteiger partial charge in [0.2, 0.25) is 0 Å². The Bertz CT molecular complexity index is 8070. The normalized spacial score (nSPS) is 12.2. The average Bonchev–Trinajstić information content (AvgIpc) is 1.60. The van der Waals surface area contributed by atoms with Gasteiger partial charge >= 0.3 is 0 Å². The summed E-state index contributed by atoms with van der Waals surface area (Å²) in [7, 11) is 8.46. The molecule has 125 heavy (non-hydrogen) atoms. The molecule has 0 aliphatic heterocycles. The van der Waals surface area contributed by atoms with Crippen LogP contribution in [0.5, 0.6) is 0 Å². The first-order valence-corrected chi connectivity index (χ1v) is 44.9. The summed E-state index contributed by atoms with van der Waals surface area (Å²) >= 11 is 0. The first kappa shape index (κ1) is 83.2. The number of rotatable bonds is 10. The summed E-state index contributed by atoms with van der Waals surface area (Å²) in [5.41, 5.74) is 44.1. The molecule has 21 rings (SSSR count). The highest BCUT2D eigenvalue weighted by Crippen LogP contribution is 2.44. The molecular formula is C111H116F2N12+4. The van der Waals surface area contributed by atoms with Gasteiger partial charge in [-0.05, 0) is 292 Å². The summed E-state index contributed by atoms with van der Waals surface area (Å²) in [6.45, 7) is 44.6. The molecule has 21 aromatic rings. The fraction of sp³-hybridized carbons (Fsp3) is 0.297. The van der Waals surface area contributed by atoms with Crippen molar-refractivity contribution in [2.45, 2.75) is 182 Å². The molecule has 0 atom stereocenters. The van der Waals surface area contributed by atoms with Gasteiger partial charge in [-0.3, -0.25) is 19.9 Å². The Kier molecular flexibility index (Phi) is 21.2. The Labute approximate surface area is 730 Å². The lowest BCUT2D eigenvalue weighted by atomic mass is 9.81. The van der Waals surface area contributed by atoms with Crippen molar-refractivity contribution in [3.63, 3.8) is 0 Å². The van der Waals surface area contributed by atoms with E-state index in [2.05, 4.69) is 318 Å². The summed E-state index contributed by atoms with van der Waals surface area (Å²) in [6, 6.07) is 66.9. The van der Waals surface area contributed by atoms with Crippen LogP contribution in [0.15, 0.2) is 188 Å². The van der Waals surface area contributed by atoms with E-state index in [1.54, 1.807) is 0 Å². The quantitative estimate of drug-likeness (QED) is 0.101. The molecule has 0 aliphatic carbocycles. The largest absolute Gasteiger partial charge is 0.297 e. The lowest BCUT2D eigenvalue weighted by Gasteiger charge is -2.23. The minimum Gasteiger partial charge on any atom is -0.252 e. The fourth-order valence-electron chi connectivity index (χ4n) is 20.9. The monoisotopic (exact) mass is 1650 g/mol. The van der Waals surface area contributed by atoms with Crippen molar-refractivity contribution in [2.24, 2.45) is 40.0 Å². The molecule has 0 fully saturated rings. The second-order valence-corrected chi connectivity index (χ2v) is 37.3. The molecule has 9 aromatic carbocycles. The van der Waals surface area contributed by atoms with Gasteiger partial charge in [0.15, 0.2) is 55.8 Å². The Morgan fingerprint density at radius 1 is 0.304 bits per heavy atom. The Hall–Kier alpha value is -12.7. The van der Waals surface area contributed by atoms with E-state index in [1.807, 2.05) is 60.2 Å². The lowest BCUT2D eigenvalue weighted by Crippen LogP contribution is -2.28. The molecule has 0 N–H and O–H groups in total. The Morgan fingerprint density at radius 3 is 1.02 bits per heavy atom. The van der Waals surface area contributed by atoms with Gasteiger partial charge in [0.05, 0.1) is 71.8 Å². The van der Waals surface area contributed by atoms with Crippen LogP contribution in [0.4, 0.5) is 8.78 Å². The molecule has 0 saturated heterocycles. The SMILES string of the molecule is CCc1cc2c(cc1CC)[n+](C)c1c3c(C)cc(C)nc3c3ccccc3n21.Cc1cc(C)c2c(n1)c1cc(-c3c(C(C)C)cc(C(C)C)cc3C(C)C)ccc1n1c3ccccc3[n+](C)c21.Cc1cc(C)c2c(n1)c1ccccc1n1c3cc(CC(C)C)c(CC(C)C)cc3[n+](C)c21.Cc1cc(C)c2c(n1)c1ccccc1n1c3cc(F)c(F)cc3[n+](C)c21. The van der Waals surface area contributed by atoms with E-state index < -0.39 is 11.6 Å². The highest BCUT2D eigenvalue weighted by molar-refractivity contribution is 6.16. The van der Waals surface area contributed by atoms with Crippen LogP contribution in [0.2, 0.25) is 0 Å². The van der Waals surface area contributed by atoms with Crippen molar-refractivity contribution < 1.29 is 27.0 Å². The molecule has 0 unspecified atom stereocenters. The second-order valence-electron chi connectivity index (χ2n) is 37.3. The Morgan fingerprint density at radius 2 is 0.624 bits per heavy atom. The van der Waals surface area contributed by atoms with E-state index in [0.29, 0.717) is 40.6 Å². The second kappa shape index (κ2) is 31.8. The van der Waals surface area contributed by atoms with E-state index >= 15 is 0 Å². The molecular weight excluding hydrogens is 1540 g/mol. The van der Waals surface area contributed by atoms with Crippen LogP contribution < -0.4 is 18.3 Å². The third-order valence-corrected chi connectivity index (χ3v) is 26.4. The van der Waals surface area contributed by atoms with Gasteiger partial charge in [0.1, 0.15) is 22.1 Å². The number of pyridine rings is 8. The van der Waals surface area contributed by atoms with E-state index in [4.69, 9.17) is 19.9 Å². The predicted octanol–water partition coefficient (Wildman–Crippen LogP) is 25.8. The summed E-state index contributed by atoms with van der Waals surface area (Å²) in [6.07, 6.45) is 4.35. The molecule has 630 valence electrons. The fourth-order valence-corrected chi connectivity index (χ4v) is 20.9. The molecule has 12 nitrogen and oxygen atoms in total. The summed E-state index contributed by atoms with van der Waals surface area (Å²) in [4.78, 5) is 20.0. The summed E-state index contributed by atoms with van der Waals surface area (Å²) in [5.74, 6) is 0.939. The zero-order valence-corrected chi connectivity index (χ0v) is 77.2. The molecule has 0 spiro atoms. The molecule has 0 amide bonds. The maximum Gasteiger partial charge on any atom is 0.297 e. The molecule has 0 aliphatic rings. The first-order valence-electron chi connectivity index (χ1n) is 44.9. The van der Waals surface area contributed by atoms with Crippen LogP contribution in [0.3, 0.4) is 0 Å². The van der Waals surface area contributed by atoms with Crippen molar-refractivity contribution in [1.29, 1.82) is 0 Å².